The van der Waals surface area contributed by atoms with Gasteiger partial charge >= 0.3 is 0 Å². The molecule has 0 aromatic carbocycles. The number of nitrogens with zero attached hydrogens (tertiary/aromatic N) is 4. The third-order valence-electron chi connectivity index (χ3n) is 2.92. The van der Waals surface area contributed by atoms with Crippen LogP contribution in [-0.2, 0) is 0 Å². The molecule has 0 spiro atoms. The Balaban J connectivity index is 2.23. The van der Waals surface area contributed by atoms with Crippen molar-refractivity contribution in [1.29, 1.82) is 0 Å². The Morgan fingerprint density at radius 2 is 2.18 bits per heavy atom. The molecule has 17 heavy (non-hydrogen) atoms. The average molecular weight is 233 g/mol. The van der Waals surface area contributed by atoms with Gasteiger partial charge in [0.05, 0.1) is 5.70 Å². The van der Waals surface area contributed by atoms with Crippen molar-refractivity contribution in [3.8, 4) is 0 Å². The molecular formula is C10H11N5O2. The maximum atomic E-state index is 9.76. The Morgan fingerprint density at radius 3 is 2.88 bits per heavy atom. The molecule has 1 atom stereocenters. The molecule has 0 saturated carbocycles. The number of aliphatic hydroxyl groups excluding tert-OH is 2. The van der Waals surface area contributed by atoms with Crippen molar-refractivity contribution in [3.05, 3.63) is 18.4 Å². The molecule has 2 aromatic rings. The fraction of sp³-hybridized carbons (Fsp3) is 0.300. The molecule has 1 aliphatic rings. The number of hydrogen-bond acceptors (Lipinski definition) is 6. The third kappa shape index (κ3) is 1.36. The molecule has 2 aromatic heterocycles. The molecule has 1 unspecified atom stereocenters. The third-order valence-corrected chi connectivity index (χ3v) is 2.92. The van der Waals surface area contributed by atoms with Crippen molar-refractivity contribution in [2.75, 3.05) is 5.73 Å². The predicted octanol–water partition coefficient (Wildman–Crippen LogP) is 0.290. The molecule has 0 aliphatic heterocycles. The van der Waals surface area contributed by atoms with E-state index in [2.05, 4.69) is 15.0 Å². The highest BCUT2D eigenvalue weighted by Gasteiger charge is 2.25. The zero-order valence-electron chi connectivity index (χ0n) is 8.91. The van der Waals surface area contributed by atoms with E-state index in [9.17, 15) is 10.2 Å². The number of fused-ring (bicyclic) bond motifs is 1. The van der Waals surface area contributed by atoms with E-state index in [1.807, 2.05) is 0 Å². The summed E-state index contributed by atoms with van der Waals surface area (Å²) in [5, 5.41) is 19.3. The second-order valence-electron chi connectivity index (χ2n) is 3.93. The number of aliphatic hydroxyl groups is 2. The van der Waals surface area contributed by atoms with E-state index in [0.717, 1.165) is 0 Å². The molecule has 0 fully saturated rings. The maximum Gasteiger partial charge on any atom is 0.169 e. The lowest BCUT2D eigenvalue weighted by Crippen LogP contribution is -2.05. The first-order valence-electron chi connectivity index (χ1n) is 5.22. The molecule has 2 heterocycles. The molecule has 3 rings (SSSR count). The van der Waals surface area contributed by atoms with E-state index in [1.165, 1.54) is 12.7 Å². The lowest BCUT2D eigenvalue weighted by atomic mass is 10.3. The van der Waals surface area contributed by atoms with Crippen LogP contribution in [0.2, 0.25) is 0 Å². The summed E-state index contributed by atoms with van der Waals surface area (Å²) in [5.41, 5.74) is 7.31. The lowest BCUT2D eigenvalue weighted by molar-refractivity contribution is 0.159. The first-order valence-corrected chi connectivity index (χ1v) is 5.22. The van der Waals surface area contributed by atoms with Crippen LogP contribution in [-0.4, -0.2) is 35.8 Å². The topological polar surface area (TPSA) is 110 Å². The summed E-state index contributed by atoms with van der Waals surface area (Å²) in [7, 11) is 0. The molecule has 0 bridgehead atoms. The summed E-state index contributed by atoms with van der Waals surface area (Å²) >= 11 is 0. The largest absolute Gasteiger partial charge is 0.508 e. The van der Waals surface area contributed by atoms with Gasteiger partial charge in [0, 0.05) is 0 Å². The summed E-state index contributed by atoms with van der Waals surface area (Å²) in [6.45, 7) is 0. The predicted molar refractivity (Wildman–Crippen MR) is 60.8 cm³/mol. The van der Waals surface area contributed by atoms with Gasteiger partial charge in [-0.05, 0) is 12.8 Å². The number of nitrogens with two attached hydrogens (primary N) is 1. The Morgan fingerprint density at radius 1 is 1.35 bits per heavy atom. The molecule has 88 valence electrons. The first-order chi connectivity index (χ1) is 8.18. The number of rotatable bonds is 1. The van der Waals surface area contributed by atoms with Gasteiger partial charge in [0.1, 0.15) is 24.5 Å². The lowest BCUT2D eigenvalue weighted by Gasteiger charge is -2.05. The highest BCUT2D eigenvalue weighted by atomic mass is 16.3. The number of allylic oxidation sites excluding steroid dienone is 1. The van der Waals surface area contributed by atoms with Gasteiger partial charge in [0.2, 0.25) is 0 Å². The molecule has 0 amide bonds. The number of anilines is 1. The van der Waals surface area contributed by atoms with Crippen molar-refractivity contribution >= 4 is 22.7 Å². The fourth-order valence-corrected chi connectivity index (χ4v) is 2.02. The summed E-state index contributed by atoms with van der Waals surface area (Å²) in [4.78, 5) is 12.0. The Labute approximate surface area is 96.2 Å². The van der Waals surface area contributed by atoms with Crippen LogP contribution in [0.15, 0.2) is 18.4 Å². The van der Waals surface area contributed by atoms with Crippen molar-refractivity contribution in [2.45, 2.75) is 18.9 Å². The molecule has 1 aliphatic carbocycles. The van der Waals surface area contributed by atoms with E-state index in [0.29, 0.717) is 35.5 Å². The van der Waals surface area contributed by atoms with Gasteiger partial charge in [-0.3, -0.25) is 4.57 Å². The maximum absolute atomic E-state index is 9.76. The van der Waals surface area contributed by atoms with E-state index in [-0.39, 0.29) is 5.76 Å². The second kappa shape index (κ2) is 3.42. The zero-order chi connectivity index (χ0) is 12.0. The standard InChI is InChI=1S/C10H11N5O2/c11-9-7-10(13-3-12-9)15(4-14-7)5-1-2-6(16)8(5)17/h3-4,6,16-17H,1-2H2,(H2,11,12,13). The minimum absolute atomic E-state index is 0.0264. The molecule has 4 N–H and O–H groups in total. The van der Waals surface area contributed by atoms with Crippen molar-refractivity contribution < 1.29 is 10.2 Å². The van der Waals surface area contributed by atoms with E-state index < -0.39 is 6.10 Å². The van der Waals surface area contributed by atoms with Crippen LogP contribution in [0, 0.1) is 0 Å². The van der Waals surface area contributed by atoms with E-state index in [4.69, 9.17) is 5.73 Å². The molecule has 0 radical (unpaired) electrons. The minimum Gasteiger partial charge on any atom is -0.508 e. The summed E-state index contributed by atoms with van der Waals surface area (Å²) < 4.78 is 1.64. The second-order valence-corrected chi connectivity index (χ2v) is 3.93. The van der Waals surface area contributed by atoms with Crippen LogP contribution in [0.1, 0.15) is 12.8 Å². The van der Waals surface area contributed by atoms with Crippen LogP contribution in [0.5, 0.6) is 0 Å². The summed E-state index contributed by atoms with van der Waals surface area (Å²) in [6, 6.07) is 0. The number of imidazole rings is 1. The van der Waals surface area contributed by atoms with Crippen molar-refractivity contribution in [1.82, 2.24) is 19.5 Å². The van der Waals surface area contributed by atoms with Gasteiger partial charge in [-0.1, -0.05) is 0 Å². The summed E-state index contributed by atoms with van der Waals surface area (Å²) in [5.74, 6) is 0.272. The van der Waals surface area contributed by atoms with Gasteiger partial charge in [-0.15, -0.1) is 0 Å². The first kappa shape index (κ1) is 10.0. The average Bonchev–Trinajstić information content (AvgIpc) is 2.86. The number of hydrogen-bond donors (Lipinski definition) is 3. The zero-order valence-corrected chi connectivity index (χ0v) is 8.91. The molecular weight excluding hydrogens is 222 g/mol. The molecule has 0 saturated heterocycles. The van der Waals surface area contributed by atoms with Crippen molar-refractivity contribution in [3.63, 3.8) is 0 Å². The number of nitrogen functional groups attached to an aromatic ring is 1. The molecule has 7 heteroatoms. The SMILES string of the molecule is Nc1ncnc2c1ncn2C1=C(O)C(O)CC1. The fourth-order valence-electron chi connectivity index (χ4n) is 2.02. The van der Waals surface area contributed by atoms with Gasteiger partial charge in [-0.2, -0.15) is 0 Å². The summed E-state index contributed by atoms with van der Waals surface area (Å²) in [6.07, 6.45) is 3.14. The monoisotopic (exact) mass is 233 g/mol. The molecule has 7 nitrogen and oxygen atoms in total. The number of aromatic nitrogens is 4. The van der Waals surface area contributed by atoms with Crippen LogP contribution >= 0.6 is 0 Å². The Kier molecular flexibility index (Phi) is 2.02. The van der Waals surface area contributed by atoms with Gasteiger partial charge < -0.3 is 15.9 Å². The minimum atomic E-state index is -0.804. The Bertz CT molecular complexity index is 618. The Hall–Kier alpha value is -2.15. The van der Waals surface area contributed by atoms with Gasteiger partial charge in [0.15, 0.2) is 17.0 Å². The van der Waals surface area contributed by atoms with Crippen LogP contribution in [0.4, 0.5) is 5.82 Å². The van der Waals surface area contributed by atoms with Crippen LogP contribution in [0.3, 0.4) is 0 Å². The smallest absolute Gasteiger partial charge is 0.169 e. The van der Waals surface area contributed by atoms with Gasteiger partial charge in [-0.25, -0.2) is 15.0 Å². The van der Waals surface area contributed by atoms with Gasteiger partial charge in [0.25, 0.3) is 0 Å². The van der Waals surface area contributed by atoms with Crippen LogP contribution in [0.25, 0.3) is 16.9 Å². The van der Waals surface area contributed by atoms with Crippen molar-refractivity contribution in [2.24, 2.45) is 0 Å². The highest BCUT2D eigenvalue weighted by Crippen LogP contribution is 2.30. The van der Waals surface area contributed by atoms with E-state index >= 15 is 0 Å². The quantitative estimate of drug-likeness (QED) is 0.653. The normalized spacial score (nSPS) is 20.4. The van der Waals surface area contributed by atoms with E-state index in [1.54, 1.807) is 4.57 Å². The van der Waals surface area contributed by atoms with Crippen LogP contribution < -0.4 is 5.73 Å². The highest BCUT2D eigenvalue weighted by molar-refractivity contribution is 5.84.